The third kappa shape index (κ3) is 4.08. The number of hydrogen-bond donors (Lipinski definition) is 2. The van der Waals surface area contributed by atoms with E-state index in [1.807, 2.05) is 6.92 Å². The molecular weight excluding hydrogens is 332 g/mol. The quantitative estimate of drug-likeness (QED) is 0.616. The highest BCUT2D eigenvalue weighted by Gasteiger charge is 2.19. The molecule has 0 aliphatic carbocycles. The summed E-state index contributed by atoms with van der Waals surface area (Å²) >= 11 is 0. The minimum absolute atomic E-state index is 0.0704. The number of esters is 1. The first-order valence-corrected chi connectivity index (χ1v) is 8.58. The normalized spacial score (nSPS) is 12.3. The summed E-state index contributed by atoms with van der Waals surface area (Å²) in [7, 11) is 0. The number of benzene rings is 2. The Kier molecular flexibility index (Phi) is 5.31. The molecule has 1 aliphatic rings. The van der Waals surface area contributed by atoms with Gasteiger partial charge in [-0.1, -0.05) is 13.3 Å². The lowest BCUT2D eigenvalue weighted by atomic mass is 10.1. The van der Waals surface area contributed by atoms with Crippen LogP contribution in [0.15, 0.2) is 42.5 Å². The minimum Gasteiger partial charge on any atom is -0.462 e. The maximum absolute atomic E-state index is 12.4. The van der Waals surface area contributed by atoms with Gasteiger partial charge in [0.25, 0.3) is 5.91 Å². The molecule has 0 unspecified atom stereocenters. The Balaban J connectivity index is 1.62. The Morgan fingerprint density at radius 2 is 1.85 bits per heavy atom. The van der Waals surface area contributed by atoms with Gasteiger partial charge in [-0.05, 0) is 54.4 Å². The van der Waals surface area contributed by atoms with Gasteiger partial charge >= 0.3 is 5.97 Å². The summed E-state index contributed by atoms with van der Waals surface area (Å²) in [6.45, 7) is 2.43. The van der Waals surface area contributed by atoms with E-state index in [-0.39, 0.29) is 24.2 Å². The summed E-state index contributed by atoms with van der Waals surface area (Å²) in [6.07, 6.45) is 2.08. The first-order valence-electron chi connectivity index (χ1n) is 8.58. The summed E-state index contributed by atoms with van der Waals surface area (Å²) < 4.78 is 5.15. The second-order valence-corrected chi connectivity index (χ2v) is 6.12. The van der Waals surface area contributed by atoms with Gasteiger partial charge in [-0.15, -0.1) is 0 Å². The average molecular weight is 352 g/mol. The zero-order valence-electron chi connectivity index (χ0n) is 14.5. The number of carbonyl (C=O) groups excluding carboxylic acids is 3. The van der Waals surface area contributed by atoms with Gasteiger partial charge in [0.2, 0.25) is 5.91 Å². The molecule has 0 bridgehead atoms. The molecule has 6 heteroatoms. The average Bonchev–Trinajstić information content (AvgIpc) is 3.01. The lowest BCUT2D eigenvalue weighted by Crippen LogP contribution is -2.12. The van der Waals surface area contributed by atoms with Gasteiger partial charge in [0.1, 0.15) is 0 Å². The number of rotatable bonds is 6. The Morgan fingerprint density at radius 1 is 1.12 bits per heavy atom. The van der Waals surface area contributed by atoms with Gasteiger partial charge in [0, 0.05) is 16.9 Å². The third-order valence-electron chi connectivity index (χ3n) is 4.10. The van der Waals surface area contributed by atoms with Crippen molar-refractivity contribution in [1.29, 1.82) is 0 Å². The molecule has 0 spiro atoms. The molecule has 26 heavy (non-hydrogen) atoms. The summed E-state index contributed by atoms with van der Waals surface area (Å²) in [5.41, 5.74) is 3.06. The van der Waals surface area contributed by atoms with Crippen LogP contribution in [-0.2, 0) is 16.0 Å². The maximum Gasteiger partial charge on any atom is 0.338 e. The Morgan fingerprint density at radius 3 is 2.58 bits per heavy atom. The monoisotopic (exact) mass is 352 g/mol. The SMILES string of the molecule is CCCCOC(=O)c1ccc(NC(=O)c2ccc3c(c2)CC(=O)N3)cc1. The molecule has 2 aromatic carbocycles. The Labute approximate surface area is 151 Å². The van der Waals surface area contributed by atoms with Crippen LogP contribution in [-0.4, -0.2) is 24.4 Å². The van der Waals surface area contributed by atoms with Crippen LogP contribution in [0, 0.1) is 0 Å². The van der Waals surface area contributed by atoms with Gasteiger partial charge in [-0.3, -0.25) is 9.59 Å². The fourth-order valence-corrected chi connectivity index (χ4v) is 2.66. The summed E-state index contributed by atoms with van der Waals surface area (Å²) in [5.74, 6) is -0.712. The number of amides is 2. The standard InChI is InChI=1S/C20H20N2O4/c1-2-3-10-26-20(25)13-4-7-16(8-5-13)21-19(24)14-6-9-17-15(11-14)12-18(23)22-17/h4-9,11H,2-3,10,12H2,1H3,(H,21,24)(H,22,23). The number of ether oxygens (including phenoxy) is 1. The van der Waals surface area contributed by atoms with Crippen molar-refractivity contribution < 1.29 is 19.1 Å². The summed E-state index contributed by atoms with van der Waals surface area (Å²) in [4.78, 5) is 35.6. The Bertz CT molecular complexity index is 843. The minimum atomic E-state index is -0.368. The van der Waals surface area contributed by atoms with E-state index >= 15 is 0 Å². The molecule has 2 N–H and O–H groups in total. The Hall–Kier alpha value is -3.15. The smallest absolute Gasteiger partial charge is 0.338 e. The van der Waals surface area contributed by atoms with E-state index in [4.69, 9.17) is 4.74 Å². The zero-order valence-corrected chi connectivity index (χ0v) is 14.5. The molecule has 0 aromatic heterocycles. The lowest BCUT2D eigenvalue weighted by molar-refractivity contribution is -0.115. The highest BCUT2D eigenvalue weighted by molar-refractivity contribution is 6.06. The van der Waals surface area contributed by atoms with Gasteiger partial charge in [-0.2, -0.15) is 0 Å². The fourth-order valence-electron chi connectivity index (χ4n) is 2.66. The van der Waals surface area contributed by atoms with E-state index in [0.29, 0.717) is 23.4 Å². The maximum atomic E-state index is 12.4. The molecule has 3 rings (SSSR count). The molecule has 0 saturated heterocycles. The number of unbranched alkanes of at least 4 members (excludes halogenated alkanes) is 1. The van der Waals surface area contributed by atoms with E-state index in [2.05, 4.69) is 10.6 Å². The molecule has 1 aliphatic heterocycles. The molecule has 0 radical (unpaired) electrons. The van der Waals surface area contributed by atoms with Gasteiger partial charge in [-0.25, -0.2) is 4.79 Å². The van der Waals surface area contributed by atoms with E-state index in [0.717, 1.165) is 24.1 Å². The number of nitrogens with one attached hydrogen (secondary N) is 2. The van der Waals surface area contributed by atoms with E-state index in [1.165, 1.54) is 0 Å². The highest BCUT2D eigenvalue weighted by atomic mass is 16.5. The van der Waals surface area contributed by atoms with Crippen LogP contribution in [0.4, 0.5) is 11.4 Å². The second-order valence-electron chi connectivity index (χ2n) is 6.12. The van der Waals surface area contributed by atoms with Crippen LogP contribution in [0.1, 0.15) is 46.0 Å². The van der Waals surface area contributed by atoms with Crippen LogP contribution < -0.4 is 10.6 Å². The second kappa shape index (κ2) is 7.82. The first-order chi connectivity index (χ1) is 12.6. The topological polar surface area (TPSA) is 84.5 Å². The van der Waals surface area contributed by atoms with Crippen LogP contribution in [0.25, 0.3) is 0 Å². The van der Waals surface area contributed by atoms with Gasteiger partial charge < -0.3 is 15.4 Å². The predicted molar refractivity (Wildman–Crippen MR) is 98.4 cm³/mol. The van der Waals surface area contributed by atoms with Crippen molar-refractivity contribution >= 4 is 29.2 Å². The number of carbonyl (C=O) groups is 3. The van der Waals surface area contributed by atoms with Crippen molar-refractivity contribution in [3.63, 3.8) is 0 Å². The fraction of sp³-hybridized carbons (Fsp3) is 0.250. The molecule has 6 nitrogen and oxygen atoms in total. The highest BCUT2D eigenvalue weighted by Crippen LogP contribution is 2.24. The van der Waals surface area contributed by atoms with E-state index in [1.54, 1.807) is 42.5 Å². The number of hydrogen-bond acceptors (Lipinski definition) is 4. The molecular formula is C20H20N2O4. The van der Waals surface area contributed by atoms with Crippen molar-refractivity contribution in [3.05, 3.63) is 59.2 Å². The molecule has 0 saturated carbocycles. The number of fused-ring (bicyclic) bond motifs is 1. The van der Waals surface area contributed by atoms with Crippen LogP contribution in [0.3, 0.4) is 0 Å². The van der Waals surface area contributed by atoms with Crippen molar-refractivity contribution in [2.24, 2.45) is 0 Å². The summed E-state index contributed by atoms with van der Waals surface area (Å²) in [5, 5.41) is 5.52. The van der Waals surface area contributed by atoms with Crippen LogP contribution in [0.5, 0.6) is 0 Å². The molecule has 1 heterocycles. The van der Waals surface area contributed by atoms with Crippen molar-refractivity contribution in [2.75, 3.05) is 17.2 Å². The number of anilines is 2. The van der Waals surface area contributed by atoms with Crippen LogP contribution >= 0.6 is 0 Å². The van der Waals surface area contributed by atoms with E-state index < -0.39 is 0 Å². The van der Waals surface area contributed by atoms with Gasteiger partial charge in [0.05, 0.1) is 18.6 Å². The summed E-state index contributed by atoms with van der Waals surface area (Å²) in [6, 6.07) is 11.7. The van der Waals surface area contributed by atoms with E-state index in [9.17, 15) is 14.4 Å². The van der Waals surface area contributed by atoms with Crippen molar-refractivity contribution in [3.8, 4) is 0 Å². The molecule has 0 atom stereocenters. The predicted octanol–water partition coefficient (Wildman–Crippen LogP) is 3.39. The first kappa shape index (κ1) is 17.7. The third-order valence-corrected chi connectivity index (χ3v) is 4.10. The van der Waals surface area contributed by atoms with Crippen molar-refractivity contribution in [2.45, 2.75) is 26.2 Å². The largest absolute Gasteiger partial charge is 0.462 e. The van der Waals surface area contributed by atoms with Crippen molar-refractivity contribution in [1.82, 2.24) is 0 Å². The van der Waals surface area contributed by atoms with Crippen LogP contribution in [0.2, 0.25) is 0 Å². The molecule has 134 valence electrons. The van der Waals surface area contributed by atoms with Gasteiger partial charge in [0.15, 0.2) is 0 Å². The molecule has 2 amide bonds. The molecule has 2 aromatic rings. The molecule has 0 fully saturated rings. The zero-order chi connectivity index (χ0) is 18.5. The lowest BCUT2D eigenvalue weighted by Gasteiger charge is -2.08.